The van der Waals surface area contributed by atoms with Crippen LogP contribution >= 0.6 is 11.8 Å². The normalized spacial score (nSPS) is 19.9. The Morgan fingerprint density at radius 2 is 2.08 bits per heavy atom. The van der Waals surface area contributed by atoms with Crippen molar-refractivity contribution in [1.29, 1.82) is 0 Å². The lowest BCUT2D eigenvalue weighted by atomic mass is 10.1. The molecule has 2 saturated heterocycles. The second kappa shape index (κ2) is 8.60. The van der Waals surface area contributed by atoms with Crippen LogP contribution in [0.4, 0.5) is 17.6 Å². The fourth-order valence-corrected chi connectivity index (χ4v) is 3.69. The summed E-state index contributed by atoms with van der Waals surface area (Å²) in [7, 11) is 0. The van der Waals surface area contributed by atoms with Crippen LogP contribution in [-0.2, 0) is 9.59 Å². The minimum atomic E-state index is -0.919. The van der Waals surface area contributed by atoms with Gasteiger partial charge in [0, 0.05) is 18.8 Å². The van der Waals surface area contributed by atoms with E-state index in [-0.39, 0.29) is 11.8 Å². The number of nitrogen functional groups attached to an aromatic ring is 2. The molecule has 1 atom stereocenters. The average Bonchev–Trinajstić information content (AvgIpc) is 3.09. The Bertz CT molecular complexity index is 602. The molecule has 0 saturated carbocycles. The molecule has 2 aliphatic rings. The Labute approximate surface area is 149 Å². The number of rotatable bonds is 3. The number of aliphatic carboxylic acids is 1. The molecule has 0 radical (unpaired) electrons. The minimum Gasteiger partial charge on any atom is -0.754 e. The third-order valence-corrected chi connectivity index (χ3v) is 5.00. The van der Waals surface area contributed by atoms with Crippen LogP contribution in [0.3, 0.4) is 0 Å². The van der Waals surface area contributed by atoms with E-state index < -0.39 is 12.0 Å². The zero-order valence-corrected chi connectivity index (χ0v) is 14.5. The van der Waals surface area contributed by atoms with Gasteiger partial charge in [0.1, 0.15) is 6.04 Å². The van der Waals surface area contributed by atoms with E-state index in [1.54, 1.807) is 6.07 Å². The molecule has 11 heteroatoms. The van der Waals surface area contributed by atoms with Gasteiger partial charge in [-0.1, -0.05) is 4.98 Å². The van der Waals surface area contributed by atoms with Gasteiger partial charge in [0.2, 0.25) is 6.41 Å². The summed E-state index contributed by atoms with van der Waals surface area (Å²) in [4.78, 5) is 28.0. The van der Waals surface area contributed by atoms with E-state index in [1.165, 1.54) is 23.1 Å². The highest BCUT2D eigenvalue weighted by Gasteiger charge is 2.29. The molecular formula is C14H22N6O4S. The third kappa shape index (κ3) is 4.78. The zero-order chi connectivity index (χ0) is 18.4. The standard InChI is InChI=1S/C9H15N5O.C5H7NO3S/c10-7-6-8(12-9(11)14(7)15)13-4-2-1-3-5-13;7-2-6-3-10-1-4(6)5(8)9/h6H,1-5,10H2,(H2,11,12);2,4H,1,3H2,(H,8,9). The highest BCUT2D eigenvalue weighted by atomic mass is 32.2. The van der Waals surface area contributed by atoms with E-state index in [9.17, 15) is 14.8 Å². The summed E-state index contributed by atoms with van der Waals surface area (Å²) in [6.45, 7) is 1.91. The number of amides is 1. The van der Waals surface area contributed by atoms with E-state index in [2.05, 4.69) is 9.88 Å². The molecule has 2 fully saturated rings. The molecule has 138 valence electrons. The van der Waals surface area contributed by atoms with Gasteiger partial charge in [-0.2, -0.15) is 0 Å². The SMILES string of the molecule is Nc1cc(N2CCCCC2)nc(N)[n+]1[O-].O=CN1CSCC1C(=O)O. The second-order valence-electron chi connectivity index (χ2n) is 5.71. The van der Waals surface area contributed by atoms with Gasteiger partial charge in [0.15, 0.2) is 11.6 Å². The summed E-state index contributed by atoms with van der Waals surface area (Å²) in [5, 5.41) is 19.7. The van der Waals surface area contributed by atoms with E-state index in [4.69, 9.17) is 16.6 Å². The molecule has 10 nitrogen and oxygen atoms in total. The lowest BCUT2D eigenvalue weighted by Gasteiger charge is -2.26. The Hall–Kier alpha value is -2.43. The quantitative estimate of drug-likeness (QED) is 0.362. The number of thioether (sulfide) groups is 1. The number of aromatic nitrogens is 2. The minimum absolute atomic E-state index is 0.0874. The molecule has 0 spiro atoms. The van der Waals surface area contributed by atoms with Gasteiger partial charge in [-0.25, -0.2) is 9.52 Å². The van der Waals surface area contributed by atoms with Gasteiger partial charge in [0.05, 0.1) is 11.9 Å². The Morgan fingerprint density at radius 1 is 1.40 bits per heavy atom. The second-order valence-corrected chi connectivity index (χ2v) is 6.71. The maximum atomic E-state index is 11.2. The van der Waals surface area contributed by atoms with Crippen LogP contribution in [0, 0.1) is 5.21 Å². The van der Waals surface area contributed by atoms with E-state index in [0.717, 1.165) is 25.9 Å². The van der Waals surface area contributed by atoms with Crippen LogP contribution in [0.1, 0.15) is 19.3 Å². The van der Waals surface area contributed by atoms with Crippen molar-refractivity contribution < 1.29 is 19.4 Å². The molecule has 0 aromatic carbocycles. The largest absolute Gasteiger partial charge is 0.754 e. The molecule has 25 heavy (non-hydrogen) atoms. The van der Waals surface area contributed by atoms with Gasteiger partial charge >= 0.3 is 11.9 Å². The van der Waals surface area contributed by atoms with Gasteiger partial charge in [-0.15, -0.1) is 11.8 Å². The van der Waals surface area contributed by atoms with Crippen molar-refractivity contribution in [1.82, 2.24) is 9.88 Å². The monoisotopic (exact) mass is 370 g/mol. The highest BCUT2D eigenvalue weighted by Crippen LogP contribution is 2.19. The molecule has 5 N–H and O–H groups in total. The maximum Gasteiger partial charge on any atom is 0.346 e. The summed E-state index contributed by atoms with van der Waals surface area (Å²) in [5.41, 5.74) is 11.0. The third-order valence-electron chi connectivity index (χ3n) is 3.97. The smallest absolute Gasteiger partial charge is 0.346 e. The summed E-state index contributed by atoms with van der Waals surface area (Å²) < 4.78 is 0.438. The van der Waals surface area contributed by atoms with Crippen molar-refractivity contribution in [3.8, 4) is 0 Å². The van der Waals surface area contributed by atoms with Crippen molar-refractivity contribution in [3.63, 3.8) is 0 Å². The van der Waals surface area contributed by atoms with Crippen LogP contribution < -0.4 is 21.1 Å². The molecule has 1 aromatic heterocycles. The predicted octanol–water partition coefficient (Wildman–Crippen LogP) is -0.528. The first kappa shape index (κ1) is 18.9. The topological polar surface area (TPSA) is 153 Å². The Morgan fingerprint density at radius 3 is 2.60 bits per heavy atom. The van der Waals surface area contributed by atoms with Crippen LogP contribution in [0.25, 0.3) is 0 Å². The predicted molar refractivity (Wildman–Crippen MR) is 94.7 cm³/mol. The molecule has 3 heterocycles. The van der Waals surface area contributed by atoms with Crippen molar-refractivity contribution in [2.75, 3.05) is 41.1 Å². The van der Waals surface area contributed by atoms with Crippen LogP contribution in [0.5, 0.6) is 0 Å². The number of carbonyl (C=O) groups is 2. The van der Waals surface area contributed by atoms with Crippen LogP contribution in [-0.4, -0.2) is 58.1 Å². The highest BCUT2D eigenvalue weighted by molar-refractivity contribution is 7.99. The first-order valence-electron chi connectivity index (χ1n) is 7.86. The number of carboxylic acid groups (broad SMARTS) is 1. The summed E-state index contributed by atoms with van der Waals surface area (Å²) in [5.74, 6) is 0.807. The number of carbonyl (C=O) groups excluding carboxylic acids is 1. The van der Waals surface area contributed by atoms with Crippen molar-refractivity contribution in [2.24, 2.45) is 0 Å². The van der Waals surface area contributed by atoms with Crippen LogP contribution in [0.15, 0.2) is 6.07 Å². The number of nitrogens with two attached hydrogens (primary N) is 2. The molecule has 0 aliphatic carbocycles. The first-order chi connectivity index (χ1) is 11.9. The first-order valence-corrected chi connectivity index (χ1v) is 9.01. The zero-order valence-electron chi connectivity index (χ0n) is 13.7. The molecule has 1 unspecified atom stereocenters. The lowest BCUT2D eigenvalue weighted by Crippen LogP contribution is -2.38. The number of hydrogen-bond donors (Lipinski definition) is 3. The molecule has 1 amide bonds. The number of anilines is 3. The van der Waals surface area contributed by atoms with E-state index in [1.807, 2.05) is 0 Å². The van der Waals surface area contributed by atoms with Crippen molar-refractivity contribution >= 4 is 41.7 Å². The van der Waals surface area contributed by atoms with Gasteiger partial charge < -0.3 is 31.6 Å². The number of nitrogens with zero attached hydrogens (tertiary/aromatic N) is 4. The average molecular weight is 370 g/mol. The lowest BCUT2D eigenvalue weighted by molar-refractivity contribution is -0.576. The van der Waals surface area contributed by atoms with Gasteiger partial charge in [0.25, 0.3) is 0 Å². The van der Waals surface area contributed by atoms with E-state index in [0.29, 0.717) is 28.6 Å². The van der Waals surface area contributed by atoms with Gasteiger partial charge in [-0.05, 0) is 19.3 Å². The van der Waals surface area contributed by atoms with E-state index >= 15 is 0 Å². The molecule has 2 aliphatic heterocycles. The van der Waals surface area contributed by atoms with Gasteiger partial charge in [-0.3, -0.25) is 4.79 Å². The fourth-order valence-electron chi connectivity index (χ4n) is 2.58. The van der Waals surface area contributed by atoms with Crippen molar-refractivity contribution in [3.05, 3.63) is 11.3 Å². The Kier molecular flexibility index (Phi) is 6.51. The van der Waals surface area contributed by atoms with Crippen LogP contribution in [0.2, 0.25) is 0 Å². The number of carboxylic acids is 1. The van der Waals surface area contributed by atoms with Crippen molar-refractivity contribution in [2.45, 2.75) is 25.3 Å². The summed E-state index contributed by atoms with van der Waals surface area (Å²) in [6, 6.07) is 0.969. The Balaban J connectivity index is 0.000000196. The fraction of sp³-hybridized carbons (Fsp3) is 0.571. The molecular weight excluding hydrogens is 348 g/mol. The molecule has 0 bridgehead atoms. The maximum absolute atomic E-state index is 11.2. The molecule has 3 rings (SSSR count). The number of hydrogen-bond acceptors (Lipinski definition) is 8. The summed E-state index contributed by atoms with van der Waals surface area (Å²) >= 11 is 1.46. The summed E-state index contributed by atoms with van der Waals surface area (Å²) in [6.07, 6.45) is 4.12. The molecule has 1 aromatic rings. The number of piperidine rings is 1.